The smallest absolute Gasteiger partial charge is 0.267 e. The highest BCUT2D eigenvalue weighted by molar-refractivity contribution is 6.30. The average Bonchev–Trinajstić information content (AvgIpc) is 2.62. The summed E-state index contributed by atoms with van der Waals surface area (Å²) < 4.78 is 16.9. The first kappa shape index (κ1) is 16.5. The quantitative estimate of drug-likeness (QED) is 0.834. The number of ether oxygens (including phenoxy) is 3. The van der Waals surface area contributed by atoms with Crippen LogP contribution in [0.3, 0.4) is 0 Å². The van der Waals surface area contributed by atoms with Gasteiger partial charge < -0.3 is 19.1 Å². The molecule has 2 aromatic rings. The first-order valence-corrected chi connectivity index (χ1v) is 8.03. The topological polar surface area (TPSA) is 48.0 Å². The molecule has 0 aliphatic carbocycles. The molecule has 1 atom stereocenters. The number of fused-ring (bicyclic) bond motifs is 1. The molecule has 6 heteroatoms. The van der Waals surface area contributed by atoms with Crippen LogP contribution in [-0.2, 0) is 4.79 Å². The first-order valence-electron chi connectivity index (χ1n) is 7.65. The number of carbonyl (C=O) groups is 1. The lowest BCUT2D eigenvalue weighted by atomic mass is 10.2. The molecule has 3 rings (SSSR count). The lowest BCUT2D eigenvalue weighted by molar-refractivity contribution is -0.140. The minimum atomic E-state index is -0.638. The van der Waals surface area contributed by atoms with Crippen molar-refractivity contribution in [3.8, 4) is 17.2 Å². The molecule has 2 aromatic carbocycles. The highest BCUT2D eigenvalue weighted by Gasteiger charge is 2.29. The van der Waals surface area contributed by atoms with E-state index >= 15 is 0 Å². The third-order valence-corrected chi connectivity index (χ3v) is 3.92. The maximum absolute atomic E-state index is 12.4. The molecule has 0 bridgehead atoms. The lowest BCUT2D eigenvalue weighted by Gasteiger charge is -2.28. The van der Waals surface area contributed by atoms with Crippen LogP contribution in [0.5, 0.6) is 17.2 Å². The van der Waals surface area contributed by atoms with Gasteiger partial charge in [-0.05, 0) is 36.4 Å². The molecule has 0 aromatic heterocycles. The molecule has 1 heterocycles. The number of rotatable bonds is 5. The Morgan fingerprint density at radius 1 is 1.21 bits per heavy atom. The van der Waals surface area contributed by atoms with Crippen molar-refractivity contribution in [3.05, 3.63) is 53.6 Å². The Labute approximate surface area is 145 Å². The Morgan fingerprint density at radius 3 is 2.67 bits per heavy atom. The van der Waals surface area contributed by atoms with E-state index in [0.717, 1.165) is 0 Å². The fraction of sp³-hybridized carbons (Fsp3) is 0.278. The highest BCUT2D eigenvalue weighted by atomic mass is 35.5. The van der Waals surface area contributed by atoms with Crippen LogP contribution in [0.1, 0.15) is 0 Å². The third-order valence-electron chi connectivity index (χ3n) is 3.67. The number of nitrogens with zero attached hydrogens (tertiary/aromatic N) is 1. The number of para-hydroxylation sites is 2. The third kappa shape index (κ3) is 3.92. The number of likely N-dealkylation sites (N-methyl/N-ethyl adjacent to an activating group) is 1. The van der Waals surface area contributed by atoms with Crippen molar-refractivity contribution >= 4 is 17.5 Å². The van der Waals surface area contributed by atoms with Gasteiger partial charge in [0.1, 0.15) is 19.0 Å². The summed E-state index contributed by atoms with van der Waals surface area (Å²) in [5.74, 6) is 1.83. The summed E-state index contributed by atoms with van der Waals surface area (Å²) in [5.41, 5.74) is 0. The van der Waals surface area contributed by atoms with Crippen LogP contribution in [0.25, 0.3) is 0 Å². The molecule has 1 aliphatic heterocycles. The van der Waals surface area contributed by atoms with Crippen molar-refractivity contribution in [2.45, 2.75) is 6.10 Å². The predicted octanol–water partition coefficient (Wildman–Crippen LogP) is 3.02. The molecule has 0 saturated heterocycles. The van der Waals surface area contributed by atoms with Crippen molar-refractivity contribution in [2.24, 2.45) is 0 Å². The van der Waals surface area contributed by atoms with Crippen LogP contribution in [0.15, 0.2) is 48.5 Å². The van der Waals surface area contributed by atoms with E-state index in [1.165, 1.54) is 0 Å². The van der Waals surface area contributed by atoms with Crippen LogP contribution in [0.2, 0.25) is 5.02 Å². The molecule has 126 valence electrons. The Kier molecular flexibility index (Phi) is 5.11. The number of amides is 1. The summed E-state index contributed by atoms with van der Waals surface area (Å²) in [5, 5.41) is 0.657. The SMILES string of the molecule is CN(CCOc1ccc(Cl)cc1)C(=O)C1COc2ccccc2O1. The molecule has 0 fully saturated rings. The Bertz CT molecular complexity index is 704. The summed E-state index contributed by atoms with van der Waals surface area (Å²) in [7, 11) is 1.72. The van der Waals surface area contributed by atoms with E-state index in [4.69, 9.17) is 25.8 Å². The maximum Gasteiger partial charge on any atom is 0.267 e. The monoisotopic (exact) mass is 347 g/mol. The van der Waals surface area contributed by atoms with E-state index < -0.39 is 6.10 Å². The molecule has 1 aliphatic rings. The first-order chi connectivity index (χ1) is 11.6. The van der Waals surface area contributed by atoms with Gasteiger partial charge >= 0.3 is 0 Å². The Balaban J connectivity index is 1.49. The second-order valence-corrected chi connectivity index (χ2v) is 5.86. The normalized spacial score (nSPS) is 15.7. The van der Waals surface area contributed by atoms with E-state index in [1.807, 2.05) is 18.2 Å². The van der Waals surface area contributed by atoms with E-state index in [2.05, 4.69) is 0 Å². The van der Waals surface area contributed by atoms with Crippen LogP contribution in [0, 0.1) is 0 Å². The van der Waals surface area contributed by atoms with Gasteiger partial charge in [-0.25, -0.2) is 0 Å². The van der Waals surface area contributed by atoms with Gasteiger partial charge in [0.2, 0.25) is 6.10 Å². The summed E-state index contributed by atoms with van der Waals surface area (Å²) in [4.78, 5) is 14.0. The molecule has 0 N–H and O–H groups in total. The Morgan fingerprint density at radius 2 is 1.92 bits per heavy atom. The Hall–Kier alpha value is -2.40. The fourth-order valence-electron chi connectivity index (χ4n) is 2.33. The summed E-state index contributed by atoms with van der Waals surface area (Å²) in [6, 6.07) is 14.4. The van der Waals surface area contributed by atoms with Crippen molar-refractivity contribution in [2.75, 3.05) is 26.8 Å². The van der Waals surface area contributed by atoms with Gasteiger partial charge in [-0.3, -0.25) is 4.79 Å². The van der Waals surface area contributed by atoms with Crippen LogP contribution < -0.4 is 14.2 Å². The highest BCUT2D eigenvalue weighted by Crippen LogP contribution is 2.31. The van der Waals surface area contributed by atoms with Crippen molar-refractivity contribution in [1.82, 2.24) is 4.90 Å². The number of carbonyl (C=O) groups excluding carboxylic acids is 1. The molecule has 24 heavy (non-hydrogen) atoms. The van der Waals surface area contributed by atoms with E-state index in [0.29, 0.717) is 35.4 Å². The zero-order valence-electron chi connectivity index (χ0n) is 13.3. The molecular formula is C18H18ClNO4. The van der Waals surface area contributed by atoms with Crippen LogP contribution in [-0.4, -0.2) is 43.7 Å². The summed E-state index contributed by atoms with van der Waals surface area (Å²) in [6.45, 7) is 1.04. The molecule has 0 saturated carbocycles. The van der Waals surface area contributed by atoms with Crippen molar-refractivity contribution in [1.29, 1.82) is 0 Å². The molecule has 0 spiro atoms. The van der Waals surface area contributed by atoms with E-state index in [-0.39, 0.29) is 12.5 Å². The average molecular weight is 348 g/mol. The minimum Gasteiger partial charge on any atom is -0.492 e. The molecular weight excluding hydrogens is 330 g/mol. The zero-order chi connectivity index (χ0) is 16.9. The van der Waals surface area contributed by atoms with Gasteiger partial charge in [0.05, 0.1) is 6.54 Å². The number of hydrogen-bond donors (Lipinski definition) is 0. The van der Waals surface area contributed by atoms with Gasteiger partial charge in [-0.15, -0.1) is 0 Å². The van der Waals surface area contributed by atoms with Crippen molar-refractivity contribution < 1.29 is 19.0 Å². The van der Waals surface area contributed by atoms with Gasteiger partial charge in [0, 0.05) is 12.1 Å². The number of hydrogen-bond acceptors (Lipinski definition) is 4. The van der Waals surface area contributed by atoms with Crippen LogP contribution in [0.4, 0.5) is 0 Å². The lowest BCUT2D eigenvalue weighted by Crippen LogP contribution is -2.45. The molecule has 5 nitrogen and oxygen atoms in total. The van der Waals surface area contributed by atoms with Gasteiger partial charge in [0.15, 0.2) is 11.5 Å². The summed E-state index contributed by atoms with van der Waals surface area (Å²) in [6.07, 6.45) is -0.638. The van der Waals surface area contributed by atoms with Gasteiger partial charge in [-0.2, -0.15) is 0 Å². The predicted molar refractivity (Wildman–Crippen MR) is 90.9 cm³/mol. The minimum absolute atomic E-state index is 0.135. The molecule has 0 radical (unpaired) electrons. The van der Waals surface area contributed by atoms with E-state index in [1.54, 1.807) is 42.3 Å². The van der Waals surface area contributed by atoms with E-state index in [9.17, 15) is 4.79 Å². The largest absolute Gasteiger partial charge is 0.492 e. The summed E-state index contributed by atoms with van der Waals surface area (Å²) >= 11 is 5.83. The maximum atomic E-state index is 12.4. The molecule has 1 amide bonds. The standard InChI is InChI=1S/C18H18ClNO4/c1-20(10-11-22-14-8-6-13(19)7-9-14)18(21)17-12-23-15-4-2-3-5-16(15)24-17/h2-9,17H,10-12H2,1H3. The van der Waals surface area contributed by atoms with Crippen LogP contribution >= 0.6 is 11.6 Å². The van der Waals surface area contributed by atoms with Crippen molar-refractivity contribution in [3.63, 3.8) is 0 Å². The fourth-order valence-corrected chi connectivity index (χ4v) is 2.45. The second kappa shape index (κ2) is 7.45. The molecule has 1 unspecified atom stereocenters. The van der Waals surface area contributed by atoms with Gasteiger partial charge in [-0.1, -0.05) is 23.7 Å². The second-order valence-electron chi connectivity index (χ2n) is 5.43. The zero-order valence-corrected chi connectivity index (χ0v) is 14.0. The van der Waals surface area contributed by atoms with Gasteiger partial charge in [0.25, 0.3) is 5.91 Å². The number of benzene rings is 2. The number of halogens is 1.